The van der Waals surface area contributed by atoms with Gasteiger partial charge in [-0.1, -0.05) is 18.1 Å². The molecule has 98 valence electrons. The number of hydrogen-bond acceptors (Lipinski definition) is 2. The van der Waals surface area contributed by atoms with Crippen LogP contribution in [-0.2, 0) is 0 Å². The predicted molar refractivity (Wildman–Crippen MR) is 74.6 cm³/mol. The number of aliphatic hydroxyl groups excluding tert-OH is 1. The van der Waals surface area contributed by atoms with Crippen LogP contribution in [0.5, 0.6) is 0 Å². The molecule has 2 atom stereocenters. The second kappa shape index (κ2) is 5.85. The van der Waals surface area contributed by atoms with Crippen molar-refractivity contribution in [3.8, 4) is 0 Å². The summed E-state index contributed by atoms with van der Waals surface area (Å²) >= 11 is 3.40. The average Bonchev–Trinajstić information content (AvgIpc) is 2.79. The van der Waals surface area contributed by atoms with Gasteiger partial charge in [0.25, 0.3) is 5.91 Å². The van der Waals surface area contributed by atoms with Crippen molar-refractivity contribution in [1.82, 2.24) is 5.32 Å². The van der Waals surface area contributed by atoms with Crippen molar-refractivity contribution in [2.24, 2.45) is 5.92 Å². The molecule has 2 N–H and O–H groups in total. The highest BCUT2D eigenvalue weighted by Crippen LogP contribution is 2.26. The van der Waals surface area contributed by atoms with Crippen LogP contribution in [0, 0.1) is 12.8 Å². The van der Waals surface area contributed by atoms with E-state index in [0.29, 0.717) is 5.56 Å². The van der Waals surface area contributed by atoms with E-state index in [2.05, 4.69) is 21.2 Å². The van der Waals surface area contributed by atoms with Crippen LogP contribution in [0.3, 0.4) is 0 Å². The fraction of sp³-hybridized carbons (Fsp3) is 0.500. The first-order valence-corrected chi connectivity index (χ1v) is 7.09. The zero-order valence-electron chi connectivity index (χ0n) is 10.4. The van der Waals surface area contributed by atoms with E-state index in [-0.39, 0.29) is 24.5 Å². The van der Waals surface area contributed by atoms with Crippen LogP contribution in [0.25, 0.3) is 0 Å². The molecule has 0 bridgehead atoms. The highest BCUT2D eigenvalue weighted by atomic mass is 79.9. The highest BCUT2D eigenvalue weighted by Gasteiger charge is 2.28. The summed E-state index contributed by atoms with van der Waals surface area (Å²) in [6, 6.07) is 5.84. The normalized spacial score (nSPS) is 23.1. The van der Waals surface area contributed by atoms with Crippen LogP contribution < -0.4 is 5.32 Å². The second-order valence-corrected chi connectivity index (χ2v) is 5.79. The fourth-order valence-electron chi connectivity index (χ4n) is 2.50. The van der Waals surface area contributed by atoms with Crippen LogP contribution in [0.4, 0.5) is 0 Å². The monoisotopic (exact) mass is 311 g/mol. The van der Waals surface area contributed by atoms with Gasteiger partial charge >= 0.3 is 0 Å². The Morgan fingerprint density at radius 1 is 1.50 bits per heavy atom. The molecule has 0 aromatic heterocycles. The minimum Gasteiger partial charge on any atom is -0.396 e. The van der Waals surface area contributed by atoms with Crippen LogP contribution in [0.1, 0.15) is 35.2 Å². The van der Waals surface area contributed by atoms with E-state index in [0.717, 1.165) is 29.3 Å². The van der Waals surface area contributed by atoms with Crippen LogP contribution in [0.15, 0.2) is 22.7 Å². The van der Waals surface area contributed by atoms with Crippen LogP contribution in [0.2, 0.25) is 0 Å². The van der Waals surface area contributed by atoms with E-state index in [1.807, 2.05) is 25.1 Å². The molecule has 0 aliphatic heterocycles. The van der Waals surface area contributed by atoms with Gasteiger partial charge in [0.1, 0.15) is 0 Å². The lowest BCUT2D eigenvalue weighted by atomic mass is 10.0. The van der Waals surface area contributed by atoms with E-state index in [1.54, 1.807) is 0 Å². The first kappa shape index (κ1) is 13.6. The van der Waals surface area contributed by atoms with Gasteiger partial charge in [-0.05, 0) is 47.8 Å². The number of hydrogen-bond donors (Lipinski definition) is 2. The lowest BCUT2D eigenvalue weighted by molar-refractivity contribution is 0.0915. The maximum atomic E-state index is 12.2. The molecular formula is C14H18BrNO2. The molecule has 18 heavy (non-hydrogen) atoms. The van der Waals surface area contributed by atoms with Gasteiger partial charge in [0.2, 0.25) is 0 Å². The summed E-state index contributed by atoms with van der Waals surface area (Å²) in [5.41, 5.74) is 1.73. The van der Waals surface area contributed by atoms with E-state index in [9.17, 15) is 9.90 Å². The number of benzene rings is 1. The van der Waals surface area contributed by atoms with Crippen molar-refractivity contribution in [1.29, 1.82) is 0 Å². The molecule has 2 rings (SSSR count). The molecule has 0 spiro atoms. The Hall–Kier alpha value is -0.870. The summed E-state index contributed by atoms with van der Waals surface area (Å²) in [6.45, 7) is 2.12. The van der Waals surface area contributed by atoms with Crippen molar-refractivity contribution in [3.63, 3.8) is 0 Å². The molecular weight excluding hydrogens is 294 g/mol. The molecule has 0 saturated heterocycles. The van der Waals surface area contributed by atoms with Crippen molar-refractivity contribution in [3.05, 3.63) is 33.8 Å². The summed E-state index contributed by atoms with van der Waals surface area (Å²) in [4.78, 5) is 12.2. The first-order chi connectivity index (χ1) is 8.61. The number of carbonyl (C=O) groups excluding carboxylic acids is 1. The summed E-state index contributed by atoms with van der Waals surface area (Å²) in [5, 5.41) is 12.3. The summed E-state index contributed by atoms with van der Waals surface area (Å²) in [7, 11) is 0. The molecule has 1 saturated carbocycles. The molecule has 1 amide bonds. The van der Waals surface area contributed by atoms with Crippen LogP contribution in [-0.4, -0.2) is 23.7 Å². The Bertz CT molecular complexity index is 447. The van der Waals surface area contributed by atoms with Gasteiger partial charge in [0.05, 0.1) is 5.56 Å². The SMILES string of the molecule is Cc1ccc(Br)c(C(=O)NC2CCCC2CO)c1. The molecule has 1 fully saturated rings. The van der Waals surface area contributed by atoms with Gasteiger partial charge in [-0.3, -0.25) is 4.79 Å². The molecule has 1 aliphatic rings. The van der Waals surface area contributed by atoms with Crippen LogP contribution >= 0.6 is 15.9 Å². The first-order valence-electron chi connectivity index (χ1n) is 6.29. The molecule has 2 unspecified atom stereocenters. The van der Waals surface area contributed by atoms with Crippen molar-refractivity contribution < 1.29 is 9.90 Å². The molecule has 0 heterocycles. The van der Waals surface area contributed by atoms with E-state index in [1.165, 1.54) is 0 Å². The topological polar surface area (TPSA) is 49.3 Å². The number of carbonyl (C=O) groups is 1. The molecule has 1 aliphatic carbocycles. The Kier molecular flexibility index (Phi) is 4.40. The molecule has 3 nitrogen and oxygen atoms in total. The minimum atomic E-state index is -0.0593. The fourth-order valence-corrected chi connectivity index (χ4v) is 2.93. The number of aryl methyl sites for hydroxylation is 1. The predicted octanol–water partition coefficient (Wildman–Crippen LogP) is 2.65. The van der Waals surface area contributed by atoms with E-state index < -0.39 is 0 Å². The maximum Gasteiger partial charge on any atom is 0.252 e. The summed E-state index contributed by atoms with van der Waals surface area (Å²) in [6.07, 6.45) is 3.03. The van der Waals surface area contributed by atoms with E-state index in [4.69, 9.17) is 0 Å². The van der Waals surface area contributed by atoms with Crippen molar-refractivity contribution in [2.45, 2.75) is 32.2 Å². The standard InChI is InChI=1S/C14H18BrNO2/c1-9-5-6-12(15)11(7-9)14(18)16-13-4-2-3-10(13)8-17/h5-7,10,13,17H,2-4,8H2,1H3,(H,16,18). The number of aliphatic hydroxyl groups is 1. The summed E-state index contributed by atoms with van der Waals surface area (Å²) < 4.78 is 0.809. The lowest BCUT2D eigenvalue weighted by Crippen LogP contribution is -2.38. The van der Waals surface area contributed by atoms with Gasteiger partial charge in [0, 0.05) is 23.0 Å². The Morgan fingerprint density at radius 2 is 2.28 bits per heavy atom. The molecule has 1 aromatic rings. The number of nitrogens with one attached hydrogen (secondary N) is 1. The zero-order valence-corrected chi connectivity index (χ0v) is 12.0. The Morgan fingerprint density at radius 3 is 3.00 bits per heavy atom. The van der Waals surface area contributed by atoms with Crippen molar-refractivity contribution in [2.75, 3.05) is 6.61 Å². The van der Waals surface area contributed by atoms with Gasteiger partial charge in [-0.15, -0.1) is 0 Å². The largest absolute Gasteiger partial charge is 0.396 e. The summed E-state index contributed by atoms with van der Waals surface area (Å²) in [5.74, 6) is 0.147. The molecule has 1 aromatic carbocycles. The number of halogens is 1. The van der Waals surface area contributed by atoms with Gasteiger partial charge < -0.3 is 10.4 Å². The molecule has 4 heteroatoms. The third kappa shape index (κ3) is 2.93. The quantitative estimate of drug-likeness (QED) is 0.901. The number of rotatable bonds is 3. The Labute approximate surface area is 116 Å². The van der Waals surface area contributed by atoms with Gasteiger partial charge in [-0.2, -0.15) is 0 Å². The van der Waals surface area contributed by atoms with Crippen molar-refractivity contribution >= 4 is 21.8 Å². The average molecular weight is 312 g/mol. The van der Waals surface area contributed by atoms with Gasteiger partial charge in [-0.25, -0.2) is 0 Å². The van der Waals surface area contributed by atoms with E-state index >= 15 is 0 Å². The maximum absolute atomic E-state index is 12.2. The lowest BCUT2D eigenvalue weighted by Gasteiger charge is -2.19. The highest BCUT2D eigenvalue weighted by molar-refractivity contribution is 9.10. The van der Waals surface area contributed by atoms with Gasteiger partial charge in [0.15, 0.2) is 0 Å². The zero-order chi connectivity index (χ0) is 13.1. The molecule has 0 radical (unpaired) electrons. The number of amides is 1. The second-order valence-electron chi connectivity index (χ2n) is 4.94. The third-order valence-electron chi connectivity index (χ3n) is 3.58. The third-order valence-corrected chi connectivity index (χ3v) is 4.27. The smallest absolute Gasteiger partial charge is 0.252 e. The minimum absolute atomic E-state index is 0.0593. The Balaban J connectivity index is 2.09.